The van der Waals surface area contributed by atoms with Crippen LogP contribution in [-0.4, -0.2) is 32.7 Å². The number of carbonyl (C=O) groups is 1. The van der Waals surface area contributed by atoms with Gasteiger partial charge in [0.25, 0.3) is 5.56 Å². The molecule has 0 aliphatic rings. The van der Waals surface area contributed by atoms with Crippen LogP contribution < -0.4 is 5.56 Å². The van der Waals surface area contributed by atoms with Gasteiger partial charge in [-0.1, -0.05) is 13.8 Å². The Morgan fingerprint density at radius 3 is 2.22 bits per heavy atom. The van der Waals surface area contributed by atoms with Gasteiger partial charge in [0, 0.05) is 12.1 Å². The highest BCUT2D eigenvalue weighted by atomic mass is 16.2. The summed E-state index contributed by atoms with van der Waals surface area (Å²) in [5.74, 6) is -0.143. The van der Waals surface area contributed by atoms with Gasteiger partial charge in [0.15, 0.2) is 0 Å². The molecule has 0 radical (unpaired) electrons. The first-order valence-electron chi connectivity index (χ1n) is 8.07. The monoisotopic (exact) mass is 318 g/mol. The fourth-order valence-corrected chi connectivity index (χ4v) is 2.54. The van der Waals surface area contributed by atoms with E-state index >= 15 is 0 Å². The van der Waals surface area contributed by atoms with Crippen LogP contribution in [-0.2, 0) is 11.3 Å². The Bertz CT molecular complexity index is 662. The number of hydrogen-bond donors (Lipinski definition) is 0. The smallest absolute Gasteiger partial charge is 0.285 e. The summed E-state index contributed by atoms with van der Waals surface area (Å²) in [5, 5.41) is 13.3. The molecule has 2 unspecified atom stereocenters. The third-order valence-electron chi connectivity index (χ3n) is 4.45. The van der Waals surface area contributed by atoms with Gasteiger partial charge in [0.2, 0.25) is 5.91 Å². The van der Waals surface area contributed by atoms with Crippen molar-refractivity contribution < 1.29 is 4.79 Å². The molecule has 0 N–H and O–H groups in total. The van der Waals surface area contributed by atoms with Crippen molar-refractivity contribution in [2.45, 2.75) is 73.0 Å². The number of rotatable bonds is 6. The zero-order chi connectivity index (χ0) is 17.7. The van der Waals surface area contributed by atoms with Gasteiger partial charge in [0.1, 0.15) is 18.2 Å². The fourth-order valence-electron chi connectivity index (χ4n) is 2.54. The summed E-state index contributed by atoms with van der Waals surface area (Å²) in [6.45, 7) is 11.4. The van der Waals surface area contributed by atoms with Crippen molar-refractivity contribution in [3.63, 3.8) is 0 Å². The van der Waals surface area contributed by atoms with Gasteiger partial charge in [-0.3, -0.25) is 9.59 Å². The maximum Gasteiger partial charge on any atom is 0.285 e. The normalized spacial score (nSPS) is 13.3. The van der Waals surface area contributed by atoms with E-state index < -0.39 is 5.56 Å². The fraction of sp³-hybridized carbons (Fsp3) is 0.647. The van der Waals surface area contributed by atoms with Gasteiger partial charge in [0.05, 0.1) is 5.69 Å². The maximum absolute atomic E-state index is 12.7. The molecule has 0 fully saturated rings. The van der Waals surface area contributed by atoms with Gasteiger partial charge in [-0.05, 0) is 46.1 Å². The molecule has 2 atom stereocenters. The number of carbonyl (C=O) groups excluding carboxylic acids is 1. The zero-order valence-corrected chi connectivity index (χ0v) is 14.9. The van der Waals surface area contributed by atoms with Gasteiger partial charge < -0.3 is 4.90 Å². The summed E-state index contributed by atoms with van der Waals surface area (Å²) in [6, 6.07) is 2.10. The predicted molar refractivity (Wildman–Crippen MR) is 89.0 cm³/mol. The van der Waals surface area contributed by atoms with Crippen LogP contribution in [0.25, 0.3) is 0 Å². The quantitative estimate of drug-likeness (QED) is 0.805. The largest absolute Gasteiger partial charge is 0.336 e. The van der Waals surface area contributed by atoms with Crippen molar-refractivity contribution in [2.75, 3.05) is 0 Å². The Labute approximate surface area is 137 Å². The van der Waals surface area contributed by atoms with E-state index in [2.05, 4.69) is 5.10 Å². The van der Waals surface area contributed by atoms with Crippen molar-refractivity contribution in [3.8, 4) is 6.07 Å². The van der Waals surface area contributed by atoms with E-state index in [0.29, 0.717) is 11.3 Å². The lowest BCUT2D eigenvalue weighted by molar-refractivity contribution is -0.136. The number of hydrogen-bond acceptors (Lipinski definition) is 4. The highest BCUT2D eigenvalue weighted by Crippen LogP contribution is 2.13. The molecule has 23 heavy (non-hydrogen) atoms. The Morgan fingerprint density at radius 1 is 1.26 bits per heavy atom. The highest BCUT2D eigenvalue weighted by molar-refractivity contribution is 5.76. The highest BCUT2D eigenvalue weighted by Gasteiger charge is 2.25. The first-order valence-corrected chi connectivity index (χ1v) is 8.07. The topological polar surface area (TPSA) is 79.0 Å². The lowest BCUT2D eigenvalue weighted by Crippen LogP contribution is -2.47. The van der Waals surface area contributed by atoms with E-state index in [-0.39, 0.29) is 30.1 Å². The van der Waals surface area contributed by atoms with E-state index in [1.54, 1.807) is 13.8 Å². The van der Waals surface area contributed by atoms with E-state index in [9.17, 15) is 9.59 Å². The van der Waals surface area contributed by atoms with E-state index in [4.69, 9.17) is 5.26 Å². The summed E-state index contributed by atoms with van der Waals surface area (Å²) >= 11 is 0. The number of aromatic nitrogens is 2. The first kappa shape index (κ1) is 18.9. The molecule has 0 aliphatic heterocycles. The maximum atomic E-state index is 12.7. The molecule has 0 aliphatic carbocycles. The number of amides is 1. The second-order valence-electron chi connectivity index (χ2n) is 5.98. The molecule has 1 aromatic rings. The van der Waals surface area contributed by atoms with Gasteiger partial charge >= 0.3 is 0 Å². The van der Waals surface area contributed by atoms with E-state index in [1.165, 1.54) is 0 Å². The number of nitriles is 1. The Morgan fingerprint density at radius 2 is 1.78 bits per heavy atom. The summed E-state index contributed by atoms with van der Waals surface area (Å²) in [7, 11) is 0. The van der Waals surface area contributed by atoms with Gasteiger partial charge in [-0.25, -0.2) is 4.68 Å². The van der Waals surface area contributed by atoms with Crippen LogP contribution in [0.15, 0.2) is 4.79 Å². The van der Waals surface area contributed by atoms with Crippen LogP contribution in [0.4, 0.5) is 0 Å². The van der Waals surface area contributed by atoms with E-state index in [0.717, 1.165) is 17.5 Å². The minimum absolute atomic E-state index is 0.0592. The van der Waals surface area contributed by atoms with Crippen molar-refractivity contribution in [3.05, 3.63) is 27.2 Å². The standard InChI is InChI=1S/C17H26N4O2/c1-7-11(3)21(12(4)8-2)16(22)10-20-17(23)15(9-18)13(5)14(6)19-20/h11-12H,7-8,10H2,1-6H3. The number of aryl methyl sites for hydroxylation is 1. The Hall–Kier alpha value is -2.16. The second-order valence-corrected chi connectivity index (χ2v) is 5.98. The third kappa shape index (κ3) is 3.98. The molecule has 0 saturated heterocycles. The van der Waals surface area contributed by atoms with Crippen LogP contribution in [0, 0.1) is 25.2 Å². The lowest BCUT2D eigenvalue weighted by atomic mass is 10.1. The molecular weight excluding hydrogens is 292 g/mol. The Kier molecular flexibility index (Phi) is 6.49. The molecule has 1 amide bonds. The van der Waals surface area contributed by atoms with Gasteiger partial charge in [-0.15, -0.1) is 0 Å². The molecule has 126 valence electrons. The van der Waals surface area contributed by atoms with Crippen molar-refractivity contribution >= 4 is 5.91 Å². The van der Waals surface area contributed by atoms with Crippen LogP contribution in [0.5, 0.6) is 0 Å². The molecule has 6 nitrogen and oxygen atoms in total. The van der Waals surface area contributed by atoms with E-state index in [1.807, 2.05) is 38.7 Å². The summed E-state index contributed by atoms with van der Waals surface area (Å²) in [4.78, 5) is 26.8. The summed E-state index contributed by atoms with van der Waals surface area (Å²) in [5.41, 5.74) is 0.718. The predicted octanol–water partition coefficient (Wildman–Crippen LogP) is 2.16. The SMILES string of the molecule is CCC(C)N(C(=O)Cn1nc(C)c(C)c(C#N)c1=O)C(C)CC. The second kappa shape index (κ2) is 7.91. The lowest BCUT2D eigenvalue weighted by Gasteiger charge is -2.34. The number of nitrogens with zero attached hydrogens (tertiary/aromatic N) is 4. The van der Waals surface area contributed by atoms with Crippen LogP contribution in [0.1, 0.15) is 57.4 Å². The summed E-state index contributed by atoms with van der Waals surface area (Å²) < 4.78 is 1.11. The Balaban J connectivity index is 3.21. The summed E-state index contributed by atoms with van der Waals surface area (Å²) in [6.07, 6.45) is 1.68. The zero-order valence-electron chi connectivity index (χ0n) is 14.9. The van der Waals surface area contributed by atoms with Crippen molar-refractivity contribution in [1.29, 1.82) is 5.26 Å². The molecule has 1 aromatic heterocycles. The average molecular weight is 318 g/mol. The third-order valence-corrected chi connectivity index (χ3v) is 4.45. The molecular formula is C17H26N4O2. The first-order chi connectivity index (χ1) is 10.8. The van der Waals surface area contributed by atoms with Crippen LogP contribution >= 0.6 is 0 Å². The molecule has 0 saturated carbocycles. The minimum atomic E-state index is -0.503. The molecule has 6 heteroatoms. The van der Waals surface area contributed by atoms with Crippen molar-refractivity contribution in [1.82, 2.24) is 14.7 Å². The average Bonchev–Trinajstić information content (AvgIpc) is 2.52. The molecule has 0 aromatic carbocycles. The molecule has 0 bridgehead atoms. The molecule has 1 heterocycles. The van der Waals surface area contributed by atoms with Crippen LogP contribution in [0.3, 0.4) is 0 Å². The molecule has 1 rings (SSSR count). The van der Waals surface area contributed by atoms with Crippen molar-refractivity contribution in [2.24, 2.45) is 0 Å². The van der Waals surface area contributed by atoms with Crippen LogP contribution in [0.2, 0.25) is 0 Å². The minimum Gasteiger partial charge on any atom is -0.336 e. The molecule has 0 spiro atoms. The van der Waals surface area contributed by atoms with Gasteiger partial charge in [-0.2, -0.15) is 10.4 Å².